The van der Waals surface area contributed by atoms with Gasteiger partial charge in [0.1, 0.15) is 5.75 Å². The zero-order valence-electron chi connectivity index (χ0n) is 16.0. The van der Waals surface area contributed by atoms with Crippen LogP contribution in [0.2, 0.25) is 5.02 Å². The number of ketones is 1. The van der Waals surface area contributed by atoms with Crippen molar-refractivity contribution < 1.29 is 14.3 Å². The fraction of sp³-hybridized carbons (Fsp3) is 0.130. The maximum Gasteiger partial charge on any atom is 0.237 e. The van der Waals surface area contributed by atoms with Crippen LogP contribution in [-0.2, 0) is 4.79 Å². The summed E-state index contributed by atoms with van der Waals surface area (Å²) in [6.07, 6.45) is 0. The maximum atomic E-state index is 12.9. The van der Waals surface area contributed by atoms with Gasteiger partial charge in [0.15, 0.2) is 5.78 Å². The smallest absolute Gasteiger partial charge is 0.237 e. The minimum absolute atomic E-state index is 0.195. The van der Waals surface area contributed by atoms with Crippen LogP contribution in [0.25, 0.3) is 0 Å². The van der Waals surface area contributed by atoms with E-state index in [1.54, 1.807) is 49.6 Å². The molecular weight excluding hydrogens is 406 g/mol. The van der Waals surface area contributed by atoms with Crippen molar-refractivity contribution in [3.63, 3.8) is 0 Å². The summed E-state index contributed by atoms with van der Waals surface area (Å²) in [5, 5.41) is 2.94. The Morgan fingerprint density at radius 1 is 1.00 bits per heavy atom. The van der Waals surface area contributed by atoms with Gasteiger partial charge < -0.3 is 10.1 Å². The second-order valence-electron chi connectivity index (χ2n) is 6.31. The Kier molecular flexibility index (Phi) is 6.96. The van der Waals surface area contributed by atoms with E-state index in [0.29, 0.717) is 21.8 Å². The first kappa shape index (κ1) is 21.0. The monoisotopic (exact) mass is 425 g/mol. The molecule has 0 radical (unpaired) electrons. The summed E-state index contributed by atoms with van der Waals surface area (Å²) < 4.78 is 5.15. The molecule has 0 aliphatic carbocycles. The van der Waals surface area contributed by atoms with E-state index in [4.69, 9.17) is 16.3 Å². The minimum atomic E-state index is -0.362. The van der Waals surface area contributed by atoms with E-state index >= 15 is 0 Å². The van der Waals surface area contributed by atoms with Crippen LogP contribution < -0.4 is 10.1 Å². The van der Waals surface area contributed by atoms with Gasteiger partial charge in [0.05, 0.1) is 18.0 Å². The third-order valence-corrected chi connectivity index (χ3v) is 5.61. The molecule has 0 aliphatic rings. The highest BCUT2D eigenvalue weighted by molar-refractivity contribution is 8.00. The van der Waals surface area contributed by atoms with Gasteiger partial charge in [-0.15, -0.1) is 11.8 Å². The van der Waals surface area contributed by atoms with Gasteiger partial charge in [-0.05, 0) is 49.4 Å². The Bertz CT molecular complexity index is 1010. The Morgan fingerprint density at radius 3 is 2.34 bits per heavy atom. The second-order valence-corrected chi connectivity index (χ2v) is 8.16. The molecule has 0 fully saturated rings. The highest BCUT2D eigenvalue weighted by Gasteiger charge is 2.19. The Labute approximate surface area is 179 Å². The number of hydrogen-bond acceptors (Lipinski definition) is 4. The summed E-state index contributed by atoms with van der Waals surface area (Å²) in [7, 11) is 1.61. The van der Waals surface area contributed by atoms with Crippen molar-refractivity contribution in [1.82, 2.24) is 0 Å². The average Bonchev–Trinajstić information content (AvgIpc) is 2.75. The van der Waals surface area contributed by atoms with Gasteiger partial charge in [0.2, 0.25) is 5.91 Å². The fourth-order valence-electron chi connectivity index (χ4n) is 2.70. The quantitative estimate of drug-likeness (QED) is 0.389. The van der Waals surface area contributed by atoms with E-state index in [9.17, 15) is 9.59 Å². The lowest BCUT2D eigenvalue weighted by atomic mass is 10.0. The molecule has 0 bridgehead atoms. The first-order chi connectivity index (χ1) is 14.0. The highest BCUT2D eigenvalue weighted by atomic mass is 35.5. The van der Waals surface area contributed by atoms with Crippen LogP contribution in [0.4, 0.5) is 5.69 Å². The van der Waals surface area contributed by atoms with E-state index < -0.39 is 0 Å². The van der Waals surface area contributed by atoms with Crippen LogP contribution >= 0.6 is 23.4 Å². The van der Waals surface area contributed by atoms with E-state index in [1.165, 1.54) is 11.8 Å². The molecule has 0 saturated carbocycles. The SMILES string of the molecule is COc1ccc(S[C@H](C)C(=O)Nc2ccc(Cl)cc2C(=O)c2ccccc2)cc1. The molecule has 3 rings (SSSR count). The summed E-state index contributed by atoms with van der Waals surface area (Å²) in [6.45, 7) is 1.82. The number of hydrogen-bond donors (Lipinski definition) is 1. The van der Waals surface area contributed by atoms with Crippen molar-refractivity contribution in [2.75, 3.05) is 12.4 Å². The maximum absolute atomic E-state index is 12.9. The van der Waals surface area contributed by atoms with Gasteiger partial charge in [-0.3, -0.25) is 9.59 Å². The zero-order chi connectivity index (χ0) is 20.8. The minimum Gasteiger partial charge on any atom is -0.497 e. The lowest BCUT2D eigenvalue weighted by Crippen LogP contribution is -2.23. The summed E-state index contributed by atoms with van der Waals surface area (Å²) >= 11 is 7.53. The highest BCUT2D eigenvalue weighted by Crippen LogP contribution is 2.28. The van der Waals surface area contributed by atoms with Crippen molar-refractivity contribution in [2.45, 2.75) is 17.1 Å². The summed E-state index contributed by atoms with van der Waals surface area (Å²) in [5.41, 5.74) is 1.33. The van der Waals surface area contributed by atoms with E-state index in [1.807, 2.05) is 37.3 Å². The molecule has 0 saturated heterocycles. The van der Waals surface area contributed by atoms with Gasteiger partial charge in [-0.2, -0.15) is 0 Å². The third kappa shape index (κ3) is 5.40. The number of anilines is 1. The van der Waals surface area contributed by atoms with Crippen LogP contribution in [0.3, 0.4) is 0 Å². The molecule has 6 heteroatoms. The second kappa shape index (κ2) is 9.63. The van der Waals surface area contributed by atoms with Crippen molar-refractivity contribution in [1.29, 1.82) is 0 Å². The fourth-order valence-corrected chi connectivity index (χ4v) is 3.74. The Morgan fingerprint density at radius 2 is 1.69 bits per heavy atom. The molecule has 0 spiro atoms. The Balaban J connectivity index is 1.76. The molecule has 3 aromatic rings. The number of nitrogens with one attached hydrogen (secondary N) is 1. The first-order valence-corrected chi connectivity index (χ1v) is 10.2. The number of methoxy groups -OCH3 is 1. The van der Waals surface area contributed by atoms with Crippen molar-refractivity contribution in [3.8, 4) is 5.75 Å². The topological polar surface area (TPSA) is 55.4 Å². The zero-order valence-corrected chi connectivity index (χ0v) is 17.6. The van der Waals surface area contributed by atoms with Gasteiger partial charge in [-0.1, -0.05) is 41.9 Å². The summed E-state index contributed by atoms with van der Waals surface area (Å²) in [5.74, 6) is 0.366. The first-order valence-electron chi connectivity index (χ1n) is 8.99. The van der Waals surface area contributed by atoms with E-state index in [0.717, 1.165) is 10.6 Å². The molecule has 1 atom stereocenters. The van der Waals surface area contributed by atoms with Crippen molar-refractivity contribution in [3.05, 3.63) is 88.9 Å². The number of thioether (sulfide) groups is 1. The van der Waals surface area contributed by atoms with E-state index in [-0.39, 0.29) is 16.9 Å². The largest absolute Gasteiger partial charge is 0.497 e. The normalized spacial score (nSPS) is 11.6. The third-order valence-electron chi connectivity index (χ3n) is 4.26. The molecular formula is C23H20ClNO3S. The number of carbonyl (C=O) groups is 2. The predicted molar refractivity (Wildman–Crippen MR) is 118 cm³/mol. The van der Waals surface area contributed by atoms with Crippen LogP contribution in [0.5, 0.6) is 5.75 Å². The molecule has 3 aromatic carbocycles. The number of ether oxygens (including phenoxy) is 1. The molecule has 0 aromatic heterocycles. The lowest BCUT2D eigenvalue weighted by Gasteiger charge is -2.15. The molecule has 4 nitrogen and oxygen atoms in total. The van der Waals surface area contributed by atoms with Crippen LogP contribution in [-0.4, -0.2) is 24.1 Å². The Hall–Kier alpha value is -2.76. The molecule has 1 N–H and O–H groups in total. The van der Waals surface area contributed by atoms with Gasteiger partial charge in [0, 0.05) is 21.0 Å². The molecule has 29 heavy (non-hydrogen) atoms. The standard InChI is InChI=1S/C23H20ClNO3S/c1-15(29-19-11-9-18(28-2)10-12-19)23(27)25-21-13-8-17(24)14-20(21)22(26)16-6-4-3-5-7-16/h3-15H,1-2H3,(H,25,27)/t15-/m1/s1. The molecule has 0 unspecified atom stereocenters. The number of carbonyl (C=O) groups excluding carboxylic acids is 2. The van der Waals surface area contributed by atoms with Gasteiger partial charge in [0.25, 0.3) is 0 Å². The summed E-state index contributed by atoms with van der Waals surface area (Å²) in [4.78, 5) is 26.6. The number of amides is 1. The molecule has 148 valence electrons. The van der Waals surface area contributed by atoms with Crippen molar-refractivity contribution >= 4 is 40.7 Å². The molecule has 1 amide bonds. The summed E-state index contributed by atoms with van der Waals surface area (Å²) in [6, 6.07) is 21.3. The number of halogens is 1. The van der Waals surface area contributed by atoms with Crippen LogP contribution in [0.1, 0.15) is 22.8 Å². The van der Waals surface area contributed by atoms with Gasteiger partial charge in [-0.25, -0.2) is 0 Å². The number of benzene rings is 3. The van der Waals surface area contributed by atoms with E-state index in [2.05, 4.69) is 5.32 Å². The molecule has 0 aliphatic heterocycles. The van der Waals surface area contributed by atoms with Crippen LogP contribution in [0, 0.1) is 0 Å². The van der Waals surface area contributed by atoms with Crippen molar-refractivity contribution in [2.24, 2.45) is 0 Å². The average molecular weight is 426 g/mol. The molecule has 0 heterocycles. The number of rotatable bonds is 7. The predicted octanol–water partition coefficient (Wildman–Crippen LogP) is 5.70. The van der Waals surface area contributed by atoms with Gasteiger partial charge >= 0.3 is 0 Å². The van der Waals surface area contributed by atoms with Crippen LogP contribution in [0.15, 0.2) is 77.7 Å². The lowest BCUT2D eigenvalue weighted by molar-refractivity contribution is -0.115.